The Morgan fingerprint density at radius 2 is 2.10 bits per heavy atom. The van der Waals surface area contributed by atoms with Gasteiger partial charge in [0.1, 0.15) is 5.69 Å². The molecule has 1 aliphatic rings. The van der Waals surface area contributed by atoms with E-state index in [4.69, 9.17) is 0 Å². The van der Waals surface area contributed by atoms with E-state index in [1.165, 1.54) is 4.68 Å². The van der Waals surface area contributed by atoms with Crippen LogP contribution in [0.3, 0.4) is 0 Å². The second-order valence-electron chi connectivity index (χ2n) is 5.66. The molecule has 8 nitrogen and oxygen atoms in total. The summed E-state index contributed by atoms with van der Waals surface area (Å²) in [5.74, 6) is -0.569. The van der Waals surface area contributed by atoms with Gasteiger partial charge in [0.2, 0.25) is 5.82 Å². The quantitative estimate of drug-likeness (QED) is 0.635. The standard InChI is InChI=1S/C13H20N4O4/c1-9-10(17(20)21)11(16(2)15-9)14-8-13(12(18)19)6-4-3-5-7-13/h14H,3-8H2,1-2H3,(H,18,19). The van der Waals surface area contributed by atoms with E-state index in [1.54, 1.807) is 14.0 Å². The van der Waals surface area contributed by atoms with Crippen molar-refractivity contribution in [1.29, 1.82) is 0 Å². The van der Waals surface area contributed by atoms with E-state index in [0.717, 1.165) is 19.3 Å². The summed E-state index contributed by atoms with van der Waals surface area (Å²) in [6.45, 7) is 1.75. The first-order valence-corrected chi connectivity index (χ1v) is 7.03. The molecule has 0 aromatic carbocycles. The van der Waals surface area contributed by atoms with Crippen LogP contribution in [0.1, 0.15) is 37.8 Å². The summed E-state index contributed by atoms with van der Waals surface area (Å²) in [4.78, 5) is 22.2. The Morgan fingerprint density at radius 1 is 1.48 bits per heavy atom. The lowest BCUT2D eigenvalue weighted by Gasteiger charge is -2.33. The van der Waals surface area contributed by atoms with Gasteiger partial charge in [-0.2, -0.15) is 5.10 Å². The molecule has 1 heterocycles. The molecule has 0 unspecified atom stereocenters. The number of nitrogens with zero attached hydrogens (tertiary/aromatic N) is 3. The van der Waals surface area contributed by atoms with Crippen LogP contribution in [-0.4, -0.2) is 32.3 Å². The summed E-state index contributed by atoms with van der Waals surface area (Å²) < 4.78 is 1.39. The molecule has 1 fully saturated rings. The van der Waals surface area contributed by atoms with Gasteiger partial charge < -0.3 is 10.4 Å². The molecule has 0 aliphatic heterocycles. The SMILES string of the molecule is Cc1nn(C)c(NCC2(C(=O)O)CCCCC2)c1[N+](=O)[O-]. The summed E-state index contributed by atoms with van der Waals surface area (Å²) in [6, 6.07) is 0. The zero-order chi connectivity index (χ0) is 15.6. The van der Waals surface area contributed by atoms with Crippen LogP contribution in [0.4, 0.5) is 11.5 Å². The van der Waals surface area contributed by atoms with Crippen molar-refractivity contribution >= 4 is 17.5 Å². The molecule has 0 radical (unpaired) electrons. The largest absolute Gasteiger partial charge is 0.481 e. The van der Waals surface area contributed by atoms with Gasteiger partial charge in [-0.15, -0.1) is 0 Å². The Kier molecular flexibility index (Phi) is 4.15. The highest BCUT2D eigenvalue weighted by Crippen LogP contribution is 2.38. The lowest BCUT2D eigenvalue weighted by Crippen LogP contribution is -2.40. The number of hydrogen-bond donors (Lipinski definition) is 2. The third kappa shape index (κ3) is 2.84. The van der Waals surface area contributed by atoms with Crippen LogP contribution in [0.15, 0.2) is 0 Å². The zero-order valence-corrected chi connectivity index (χ0v) is 12.3. The van der Waals surface area contributed by atoms with Crippen LogP contribution < -0.4 is 5.32 Å². The summed E-state index contributed by atoms with van der Waals surface area (Å²) >= 11 is 0. The van der Waals surface area contributed by atoms with Crippen molar-refractivity contribution < 1.29 is 14.8 Å². The first-order chi connectivity index (χ1) is 9.87. The molecule has 0 saturated heterocycles. The molecular formula is C13H20N4O4. The zero-order valence-electron chi connectivity index (χ0n) is 12.3. The van der Waals surface area contributed by atoms with Gasteiger partial charge in [-0.25, -0.2) is 4.68 Å². The third-order valence-corrected chi connectivity index (χ3v) is 4.23. The van der Waals surface area contributed by atoms with Gasteiger partial charge in [-0.05, 0) is 19.8 Å². The number of rotatable bonds is 5. The van der Waals surface area contributed by atoms with E-state index in [2.05, 4.69) is 10.4 Å². The molecule has 0 amide bonds. The van der Waals surface area contributed by atoms with Gasteiger partial charge in [-0.1, -0.05) is 19.3 Å². The smallest absolute Gasteiger partial charge is 0.333 e. The Balaban J connectivity index is 2.22. The second-order valence-corrected chi connectivity index (χ2v) is 5.66. The fraction of sp³-hybridized carbons (Fsp3) is 0.692. The van der Waals surface area contributed by atoms with E-state index in [9.17, 15) is 20.0 Å². The maximum atomic E-state index is 11.6. The highest BCUT2D eigenvalue weighted by atomic mass is 16.6. The number of carbonyl (C=O) groups is 1. The first-order valence-electron chi connectivity index (χ1n) is 7.03. The average molecular weight is 296 g/mol. The fourth-order valence-corrected chi connectivity index (χ4v) is 3.01. The van der Waals surface area contributed by atoms with Crippen molar-refractivity contribution in [2.24, 2.45) is 12.5 Å². The second kappa shape index (κ2) is 5.71. The molecule has 1 aliphatic carbocycles. The van der Waals surface area contributed by atoms with E-state index in [-0.39, 0.29) is 18.1 Å². The highest BCUT2D eigenvalue weighted by Gasteiger charge is 2.40. The average Bonchev–Trinajstić information content (AvgIpc) is 2.71. The number of aryl methyl sites for hydroxylation is 2. The molecule has 8 heteroatoms. The molecule has 2 rings (SSSR count). The Bertz CT molecular complexity index is 561. The van der Waals surface area contributed by atoms with Gasteiger partial charge in [0.25, 0.3) is 0 Å². The Labute approximate surface area is 122 Å². The van der Waals surface area contributed by atoms with Crippen LogP contribution >= 0.6 is 0 Å². The minimum Gasteiger partial charge on any atom is -0.481 e. The topological polar surface area (TPSA) is 110 Å². The number of nitrogens with one attached hydrogen (secondary N) is 1. The monoisotopic (exact) mass is 296 g/mol. The van der Waals surface area contributed by atoms with E-state index >= 15 is 0 Å². The predicted octanol–water partition coefficient (Wildman–Crippen LogP) is 2.08. The van der Waals surface area contributed by atoms with Crippen molar-refractivity contribution in [3.8, 4) is 0 Å². The first kappa shape index (κ1) is 15.3. The van der Waals surface area contributed by atoms with Crippen LogP contribution in [0.2, 0.25) is 0 Å². The number of carboxylic acids is 1. The Morgan fingerprint density at radius 3 is 2.62 bits per heavy atom. The van der Waals surface area contributed by atoms with Gasteiger partial charge in [0, 0.05) is 13.6 Å². The van der Waals surface area contributed by atoms with Gasteiger partial charge in [-0.3, -0.25) is 14.9 Å². The number of carboxylic acid groups (broad SMARTS) is 1. The molecule has 0 spiro atoms. The predicted molar refractivity (Wildman–Crippen MR) is 76.2 cm³/mol. The normalized spacial score (nSPS) is 17.4. The van der Waals surface area contributed by atoms with Crippen molar-refractivity contribution in [3.63, 3.8) is 0 Å². The maximum Gasteiger partial charge on any atom is 0.333 e. The van der Waals surface area contributed by atoms with Crippen molar-refractivity contribution in [3.05, 3.63) is 15.8 Å². The summed E-state index contributed by atoms with van der Waals surface area (Å²) in [5.41, 5.74) is -0.614. The lowest BCUT2D eigenvalue weighted by atomic mass is 9.74. The van der Waals surface area contributed by atoms with Crippen LogP contribution in [-0.2, 0) is 11.8 Å². The fourth-order valence-electron chi connectivity index (χ4n) is 3.01. The molecule has 2 N–H and O–H groups in total. The number of aromatic nitrogens is 2. The molecule has 1 aromatic rings. The van der Waals surface area contributed by atoms with Crippen LogP contribution in [0.25, 0.3) is 0 Å². The molecular weight excluding hydrogens is 276 g/mol. The summed E-state index contributed by atoms with van der Waals surface area (Å²) in [7, 11) is 1.61. The van der Waals surface area contributed by atoms with Crippen molar-refractivity contribution in [1.82, 2.24) is 9.78 Å². The van der Waals surface area contributed by atoms with E-state index in [1.807, 2.05) is 0 Å². The molecule has 21 heavy (non-hydrogen) atoms. The number of nitro groups is 1. The maximum absolute atomic E-state index is 11.6. The van der Waals surface area contributed by atoms with Gasteiger partial charge in [0.05, 0.1) is 10.3 Å². The summed E-state index contributed by atoms with van der Waals surface area (Å²) in [6.07, 6.45) is 3.99. The summed E-state index contributed by atoms with van der Waals surface area (Å²) in [5, 5.41) is 27.6. The van der Waals surface area contributed by atoms with Crippen LogP contribution in [0, 0.1) is 22.5 Å². The number of hydrogen-bond acceptors (Lipinski definition) is 5. The molecule has 1 aromatic heterocycles. The Hall–Kier alpha value is -2.12. The molecule has 0 bridgehead atoms. The minimum absolute atomic E-state index is 0.0890. The molecule has 116 valence electrons. The molecule has 0 atom stereocenters. The third-order valence-electron chi connectivity index (χ3n) is 4.23. The molecule has 1 saturated carbocycles. The number of aliphatic carboxylic acids is 1. The number of anilines is 1. The van der Waals surface area contributed by atoms with Gasteiger partial charge in [0.15, 0.2) is 0 Å². The highest BCUT2D eigenvalue weighted by molar-refractivity contribution is 5.76. The van der Waals surface area contributed by atoms with E-state index in [0.29, 0.717) is 18.5 Å². The van der Waals surface area contributed by atoms with Crippen molar-refractivity contribution in [2.45, 2.75) is 39.0 Å². The van der Waals surface area contributed by atoms with Crippen LogP contribution in [0.5, 0.6) is 0 Å². The van der Waals surface area contributed by atoms with Crippen molar-refractivity contribution in [2.75, 3.05) is 11.9 Å². The lowest BCUT2D eigenvalue weighted by molar-refractivity contribution is -0.384. The van der Waals surface area contributed by atoms with Gasteiger partial charge >= 0.3 is 11.7 Å². The minimum atomic E-state index is -0.843. The van der Waals surface area contributed by atoms with E-state index < -0.39 is 16.3 Å².